The molecule has 9 heteroatoms. The number of sulfonamides is 1. The Labute approximate surface area is 121 Å². The number of amides is 1. The predicted molar refractivity (Wildman–Crippen MR) is 74.0 cm³/mol. The van der Waals surface area contributed by atoms with E-state index in [4.69, 9.17) is 5.73 Å². The van der Waals surface area contributed by atoms with Crippen LogP contribution in [0.25, 0.3) is 0 Å². The maximum Gasteiger partial charge on any atom is 0.349 e. The molecule has 20 heavy (non-hydrogen) atoms. The first kappa shape index (κ1) is 16.6. The third-order valence-electron chi connectivity index (χ3n) is 2.42. The Morgan fingerprint density at radius 3 is 2.60 bits per heavy atom. The molecular formula is C11H16N2O5S2. The van der Waals surface area contributed by atoms with Crippen LogP contribution in [0.5, 0.6) is 0 Å². The highest BCUT2D eigenvalue weighted by atomic mass is 32.2. The normalized spacial score (nSPS) is 12.9. The number of thiophene rings is 1. The van der Waals surface area contributed by atoms with Gasteiger partial charge in [0.05, 0.1) is 7.11 Å². The van der Waals surface area contributed by atoms with Gasteiger partial charge in [-0.2, -0.15) is 0 Å². The Bertz CT molecular complexity index is 621. The first-order valence-corrected chi connectivity index (χ1v) is 8.02. The molecule has 0 saturated carbocycles. The summed E-state index contributed by atoms with van der Waals surface area (Å²) in [6.07, 6.45) is -0.129. The molecule has 1 rings (SSSR count). The average Bonchev–Trinajstić information content (AvgIpc) is 2.68. The maximum absolute atomic E-state index is 12.3. The number of aryl methyl sites for hydroxylation is 1. The molecule has 0 aromatic carbocycles. The molecule has 1 unspecified atom stereocenters. The van der Waals surface area contributed by atoms with Gasteiger partial charge >= 0.3 is 5.97 Å². The summed E-state index contributed by atoms with van der Waals surface area (Å²) >= 11 is 0.991. The van der Waals surface area contributed by atoms with Crippen LogP contribution < -0.4 is 10.5 Å². The standard InChI is InChI=1S/C11H16N2O5S2/c1-6-5-19-9(11(15)18-3)10(6)20(16,17)13-7(2)4-8(12)14/h5,7,13H,4H2,1-3H3,(H2,12,14). The molecule has 112 valence electrons. The van der Waals surface area contributed by atoms with Crippen molar-refractivity contribution in [2.45, 2.75) is 31.2 Å². The summed E-state index contributed by atoms with van der Waals surface area (Å²) < 4.78 is 31.4. The van der Waals surface area contributed by atoms with E-state index in [0.29, 0.717) is 5.56 Å². The van der Waals surface area contributed by atoms with E-state index in [1.54, 1.807) is 12.3 Å². The Hall–Kier alpha value is -1.45. The van der Waals surface area contributed by atoms with E-state index in [1.807, 2.05) is 0 Å². The number of esters is 1. The van der Waals surface area contributed by atoms with Gasteiger partial charge in [-0.3, -0.25) is 4.79 Å². The van der Waals surface area contributed by atoms with Crippen LogP contribution in [-0.4, -0.2) is 33.4 Å². The zero-order chi connectivity index (χ0) is 15.5. The molecule has 0 saturated heterocycles. The molecule has 0 aliphatic carbocycles. The van der Waals surface area contributed by atoms with Gasteiger partial charge in [-0.25, -0.2) is 17.9 Å². The first-order valence-electron chi connectivity index (χ1n) is 5.66. The van der Waals surface area contributed by atoms with Crippen molar-refractivity contribution in [3.05, 3.63) is 15.8 Å². The van der Waals surface area contributed by atoms with Gasteiger partial charge in [-0.1, -0.05) is 0 Å². The smallest absolute Gasteiger partial charge is 0.349 e. The molecule has 1 aromatic rings. The lowest BCUT2D eigenvalue weighted by atomic mass is 10.2. The van der Waals surface area contributed by atoms with Gasteiger partial charge in [0, 0.05) is 12.5 Å². The summed E-state index contributed by atoms with van der Waals surface area (Å²) in [5.41, 5.74) is 5.45. The fourth-order valence-corrected chi connectivity index (χ4v) is 4.62. The molecule has 0 spiro atoms. The van der Waals surface area contributed by atoms with E-state index in [-0.39, 0.29) is 16.2 Å². The molecule has 3 N–H and O–H groups in total. The topological polar surface area (TPSA) is 116 Å². The highest BCUT2D eigenvalue weighted by Gasteiger charge is 2.28. The summed E-state index contributed by atoms with van der Waals surface area (Å²) in [4.78, 5) is 22.2. The number of nitrogens with two attached hydrogens (primary N) is 1. The van der Waals surface area contributed by atoms with Gasteiger partial charge in [0.15, 0.2) is 0 Å². The molecule has 1 atom stereocenters. The monoisotopic (exact) mass is 320 g/mol. The summed E-state index contributed by atoms with van der Waals surface area (Å²) in [6, 6.07) is -0.665. The number of carbonyl (C=O) groups excluding carboxylic acids is 2. The second-order valence-corrected chi connectivity index (χ2v) is 6.79. The van der Waals surface area contributed by atoms with Gasteiger partial charge in [-0.05, 0) is 24.8 Å². The van der Waals surface area contributed by atoms with Crippen molar-refractivity contribution in [1.29, 1.82) is 0 Å². The van der Waals surface area contributed by atoms with Gasteiger partial charge in [0.2, 0.25) is 15.9 Å². The third kappa shape index (κ3) is 3.78. The van der Waals surface area contributed by atoms with Crippen molar-refractivity contribution >= 4 is 33.2 Å². The van der Waals surface area contributed by atoms with E-state index in [9.17, 15) is 18.0 Å². The van der Waals surface area contributed by atoms with Crippen molar-refractivity contribution in [3.8, 4) is 0 Å². The number of primary amides is 1. The molecular weight excluding hydrogens is 304 g/mol. The fraction of sp³-hybridized carbons (Fsp3) is 0.455. The maximum atomic E-state index is 12.3. The minimum Gasteiger partial charge on any atom is -0.465 e. The van der Waals surface area contributed by atoms with Crippen LogP contribution in [0.1, 0.15) is 28.6 Å². The largest absolute Gasteiger partial charge is 0.465 e. The molecule has 0 radical (unpaired) electrons. The Morgan fingerprint density at radius 2 is 2.10 bits per heavy atom. The average molecular weight is 320 g/mol. The summed E-state index contributed by atoms with van der Waals surface area (Å²) in [7, 11) is -2.75. The van der Waals surface area contributed by atoms with E-state index in [2.05, 4.69) is 9.46 Å². The highest BCUT2D eigenvalue weighted by Crippen LogP contribution is 2.27. The lowest BCUT2D eigenvalue weighted by Gasteiger charge is -2.13. The van der Waals surface area contributed by atoms with Crippen molar-refractivity contribution in [3.63, 3.8) is 0 Å². The Morgan fingerprint density at radius 1 is 1.50 bits per heavy atom. The quantitative estimate of drug-likeness (QED) is 0.735. The van der Waals surface area contributed by atoms with Gasteiger partial charge in [0.25, 0.3) is 0 Å². The van der Waals surface area contributed by atoms with Crippen LogP contribution in [-0.2, 0) is 19.6 Å². The first-order chi connectivity index (χ1) is 9.19. The zero-order valence-corrected chi connectivity index (χ0v) is 12.9. The van der Waals surface area contributed by atoms with E-state index < -0.39 is 27.9 Å². The van der Waals surface area contributed by atoms with Crippen molar-refractivity contribution in [1.82, 2.24) is 4.72 Å². The minimum atomic E-state index is -3.93. The lowest BCUT2D eigenvalue weighted by Crippen LogP contribution is -2.36. The summed E-state index contributed by atoms with van der Waals surface area (Å²) in [5, 5.41) is 1.56. The van der Waals surface area contributed by atoms with Crippen molar-refractivity contribution in [2.75, 3.05) is 7.11 Å². The number of hydrogen-bond acceptors (Lipinski definition) is 6. The number of methoxy groups -OCH3 is 1. The van der Waals surface area contributed by atoms with Crippen LogP contribution in [0.3, 0.4) is 0 Å². The number of nitrogens with one attached hydrogen (secondary N) is 1. The van der Waals surface area contributed by atoms with E-state index in [1.165, 1.54) is 14.0 Å². The molecule has 0 bridgehead atoms. The van der Waals surface area contributed by atoms with Crippen molar-refractivity contribution in [2.24, 2.45) is 5.73 Å². The Balaban J connectivity index is 3.13. The third-order valence-corrected chi connectivity index (χ3v) is 5.40. The lowest BCUT2D eigenvalue weighted by molar-refractivity contribution is -0.118. The molecule has 1 heterocycles. The van der Waals surface area contributed by atoms with Gasteiger partial charge in [-0.15, -0.1) is 11.3 Å². The second-order valence-electron chi connectivity index (χ2n) is 4.26. The number of rotatable bonds is 6. The van der Waals surface area contributed by atoms with Crippen LogP contribution in [0, 0.1) is 6.92 Å². The number of carbonyl (C=O) groups is 2. The Kier molecular flexibility index (Phi) is 5.26. The fourth-order valence-electron chi connectivity index (χ4n) is 1.67. The van der Waals surface area contributed by atoms with Gasteiger partial charge < -0.3 is 10.5 Å². The highest BCUT2D eigenvalue weighted by molar-refractivity contribution is 7.89. The van der Waals surface area contributed by atoms with Crippen molar-refractivity contribution < 1.29 is 22.7 Å². The minimum absolute atomic E-state index is 0.00350. The molecule has 7 nitrogen and oxygen atoms in total. The molecule has 0 fully saturated rings. The predicted octanol–water partition coefficient (Wildman–Crippen LogP) is 0.385. The van der Waals surface area contributed by atoms with Crippen LogP contribution in [0.2, 0.25) is 0 Å². The van der Waals surface area contributed by atoms with Crippen LogP contribution in [0.4, 0.5) is 0 Å². The van der Waals surface area contributed by atoms with Gasteiger partial charge in [0.1, 0.15) is 9.77 Å². The van der Waals surface area contributed by atoms with E-state index in [0.717, 1.165) is 11.3 Å². The second kappa shape index (κ2) is 6.33. The van der Waals surface area contributed by atoms with Crippen LogP contribution in [0.15, 0.2) is 10.3 Å². The van der Waals surface area contributed by atoms with E-state index >= 15 is 0 Å². The molecule has 1 aromatic heterocycles. The van der Waals surface area contributed by atoms with Crippen LogP contribution >= 0.6 is 11.3 Å². The molecule has 1 amide bonds. The molecule has 0 aliphatic heterocycles. The summed E-state index contributed by atoms with van der Waals surface area (Å²) in [5.74, 6) is -1.33. The molecule has 0 aliphatic rings. The number of hydrogen-bond donors (Lipinski definition) is 2. The number of ether oxygens (including phenoxy) is 1. The summed E-state index contributed by atoms with van der Waals surface area (Å²) in [6.45, 7) is 3.10. The zero-order valence-electron chi connectivity index (χ0n) is 11.3. The SMILES string of the molecule is COC(=O)c1scc(C)c1S(=O)(=O)NC(C)CC(N)=O.